The van der Waals surface area contributed by atoms with Crippen LogP contribution in [0.2, 0.25) is 0 Å². The average Bonchev–Trinajstić information content (AvgIpc) is 2.04. The zero-order valence-electron chi connectivity index (χ0n) is 7.59. The number of alkyl halides is 2. The van der Waals surface area contributed by atoms with Crippen LogP contribution in [0.5, 0.6) is 0 Å². The summed E-state index contributed by atoms with van der Waals surface area (Å²) in [6.45, 7) is 3.02. The van der Waals surface area contributed by atoms with Gasteiger partial charge in [0.2, 0.25) is 0 Å². The highest BCUT2D eigenvalue weighted by atomic mass is 19.3. The summed E-state index contributed by atoms with van der Waals surface area (Å²) >= 11 is 0. The van der Waals surface area contributed by atoms with Crippen molar-refractivity contribution < 1.29 is 8.78 Å². The summed E-state index contributed by atoms with van der Waals surface area (Å²) in [5.41, 5.74) is 4.69. The minimum absolute atomic E-state index is 0.225. The van der Waals surface area contributed by atoms with E-state index in [0.717, 1.165) is 0 Å². The van der Waals surface area contributed by atoms with Crippen LogP contribution in [0.4, 0.5) is 8.78 Å². The summed E-state index contributed by atoms with van der Waals surface area (Å²) in [4.78, 5) is 3.96. The summed E-state index contributed by atoms with van der Waals surface area (Å²) in [5.74, 6) is 0. The van der Waals surface area contributed by atoms with Crippen molar-refractivity contribution in [2.24, 2.45) is 5.73 Å². The molecule has 1 rings (SSSR count). The van der Waals surface area contributed by atoms with Crippen molar-refractivity contribution in [2.75, 3.05) is 0 Å². The third-order valence-corrected chi connectivity index (χ3v) is 1.89. The molecule has 2 N–H and O–H groups in total. The Labute approximate surface area is 75.8 Å². The summed E-state index contributed by atoms with van der Waals surface area (Å²) in [6, 6.07) is 4.93. The third kappa shape index (κ3) is 2.01. The van der Waals surface area contributed by atoms with Crippen molar-refractivity contribution in [2.45, 2.75) is 25.8 Å². The van der Waals surface area contributed by atoms with Crippen LogP contribution in [0.25, 0.3) is 0 Å². The van der Waals surface area contributed by atoms with Gasteiger partial charge in [-0.05, 0) is 26.0 Å². The number of nitrogens with zero attached hydrogens (tertiary/aromatic N) is 1. The van der Waals surface area contributed by atoms with Crippen LogP contribution in [0.3, 0.4) is 0 Å². The molecule has 0 aromatic carbocycles. The molecule has 0 saturated heterocycles. The van der Waals surface area contributed by atoms with Crippen LogP contribution in [0, 0.1) is 6.92 Å². The number of hydrogen-bond donors (Lipinski definition) is 1. The lowest BCUT2D eigenvalue weighted by molar-refractivity contribution is 0.0601. The SMILES string of the molecule is Cc1cccc(C(C)(N)C(F)F)n1. The normalized spacial score (nSPS) is 15.8. The van der Waals surface area contributed by atoms with E-state index in [1.54, 1.807) is 19.1 Å². The summed E-state index contributed by atoms with van der Waals surface area (Å²) in [6.07, 6.45) is -2.61. The fourth-order valence-electron chi connectivity index (χ4n) is 0.955. The third-order valence-electron chi connectivity index (χ3n) is 1.89. The molecule has 1 aromatic heterocycles. The topological polar surface area (TPSA) is 38.9 Å². The number of pyridine rings is 1. The number of hydrogen-bond acceptors (Lipinski definition) is 2. The number of aromatic nitrogens is 1. The van der Waals surface area contributed by atoms with Crippen molar-refractivity contribution >= 4 is 0 Å². The van der Waals surface area contributed by atoms with Gasteiger partial charge in [0.1, 0.15) is 5.54 Å². The second-order valence-electron chi connectivity index (χ2n) is 3.25. The minimum Gasteiger partial charge on any atom is -0.316 e. The highest BCUT2D eigenvalue weighted by molar-refractivity contribution is 5.18. The second kappa shape index (κ2) is 3.38. The average molecular weight is 186 g/mol. The smallest absolute Gasteiger partial charge is 0.261 e. The molecular formula is C9H12F2N2. The molecular weight excluding hydrogens is 174 g/mol. The number of aryl methyl sites for hydroxylation is 1. The number of rotatable bonds is 2. The van der Waals surface area contributed by atoms with E-state index < -0.39 is 12.0 Å². The molecule has 72 valence electrons. The maximum atomic E-state index is 12.5. The Balaban J connectivity index is 3.07. The predicted molar refractivity (Wildman–Crippen MR) is 46.5 cm³/mol. The van der Waals surface area contributed by atoms with Crippen LogP contribution < -0.4 is 5.73 Å². The van der Waals surface area contributed by atoms with E-state index in [4.69, 9.17) is 5.73 Å². The zero-order valence-corrected chi connectivity index (χ0v) is 7.59. The lowest BCUT2D eigenvalue weighted by Gasteiger charge is -2.22. The minimum atomic E-state index is -2.61. The van der Waals surface area contributed by atoms with Crippen molar-refractivity contribution in [1.29, 1.82) is 0 Å². The molecule has 1 atom stereocenters. The van der Waals surface area contributed by atoms with E-state index in [-0.39, 0.29) is 5.69 Å². The van der Waals surface area contributed by atoms with E-state index in [9.17, 15) is 8.78 Å². The van der Waals surface area contributed by atoms with Gasteiger partial charge in [-0.15, -0.1) is 0 Å². The molecule has 1 unspecified atom stereocenters. The van der Waals surface area contributed by atoms with Crippen LogP contribution in [-0.2, 0) is 5.54 Å². The number of halogens is 2. The predicted octanol–water partition coefficient (Wildman–Crippen LogP) is 1.83. The van der Waals surface area contributed by atoms with Gasteiger partial charge in [0.25, 0.3) is 6.43 Å². The highest BCUT2D eigenvalue weighted by Gasteiger charge is 2.33. The fourth-order valence-corrected chi connectivity index (χ4v) is 0.955. The highest BCUT2D eigenvalue weighted by Crippen LogP contribution is 2.23. The van der Waals surface area contributed by atoms with Crippen molar-refractivity contribution in [3.8, 4) is 0 Å². The molecule has 1 aromatic rings. The Morgan fingerprint density at radius 1 is 1.46 bits per heavy atom. The molecule has 4 heteroatoms. The molecule has 0 aliphatic rings. The molecule has 0 amide bonds. The van der Waals surface area contributed by atoms with Gasteiger partial charge in [0, 0.05) is 5.69 Å². The lowest BCUT2D eigenvalue weighted by Crippen LogP contribution is -2.41. The maximum Gasteiger partial charge on any atom is 0.261 e. The summed E-state index contributed by atoms with van der Waals surface area (Å²) in [5, 5.41) is 0. The van der Waals surface area contributed by atoms with Crippen LogP contribution in [0.1, 0.15) is 18.3 Å². The Kier molecular flexibility index (Phi) is 2.61. The van der Waals surface area contributed by atoms with Crippen molar-refractivity contribution in [3.63, 3.8) is 0 Å². The summed E-state index contributed by atoms with van der Waals surface area (Å²) in [7, 11) is 0. The van der Waals surface area contributed by atoms with Crippen LogP contribution >= 0.6 is 0 Å². The largest absolute Gasteiger partial charge is 0.316 e. The van der Waals surface area contributed by atoms with Crippen molar-refractivity contribution in [3.05, 3.63) is 29.6 Å². The lowest BCUT2D eigenvalue weighted by atomic mass is 9.99. The number of nitrogens with two attached hydrogens (primary N) is 1. The van der Waals surface area contributed by atoms with Gasteiger partial charge in [0.15, 0.2) is 0 Å². The van der Waals surface area contributed by atoms with Gasteiger partial charge < -0.3 is 5.73 Å². The maximum absolute atomic E-state index is 12.5. The van der Waals surface area contributed by atoms with Gasteiger partial charge >= 0.3 is 0 Å². The fraction of sp³-hybridized carbons (Fsp3) is 0.444. The summed E-state index contributed by atoms with van der Waals surface area (Å²) < 4.78 is 24.9. The van der Waals surface area contributed by atoms with Gasteiger partial charge in [-0.25, -0.2) is 8.78 Å². The Morgan fingerprint density at radius 3 is 2.54 bits per heavy atom. The van der Waals surface area contributed by atoms with Gasteiger partial charge in [-0.3, -0.25) is 4.98 Å². The quantitative estimate of drug-likeness (QED) is 0.765. The molecule has 0 radical (unpaired) electrons. The molecule has 1 heterocycles. The molecule has 2 nitrogen and oxygen atoms in total. The van der Waals surface area contributed by atoms with E-state index in [1.807, 2.05) is 0 Å². The molecule has 0 spiro atoms. The first kappa shape index (κ1) is 10.1. The zero-order chi connectivity index (χ0) is 10.1. The van der Waals surface area contributed by atoms with Gasteiger partial charge in [0.05, 0.1) is 5.69 Å². The van der Waals surface area contributed by atoms with E-state index in [0.29, 0.717) is 5.69 Å². The first-order valence-electron chi connectivity index (χ1n) is 3.96. The Morgan fingerprint density at radius 2 is 2.08 bits per heavy atom. The molecule has 0 saturated carbocycles. The molecule has 0 bridgehead atoms. The van der Waals surface area contributed by atoms with Gasteiger partial charge in [-0.1, -0.05) is 6.07 Å². The monoisotopic (exact) mass is 186 g/mol. The molecule has 0 aliphatic heterocycles. The molecule has 0 aliphatic carbocycles. The Hall–Kier alpha value is -1.03. The van der Waals surface area contributed by atoms with Gasteiger partial charge in [-0.2, -0.15) is 0 Å². The second-order valence-corrected chi connectivity index (χ2v) is 3.25. The van der Waals surface area contributed by atoms with E-state index in [2.05, 4.69) is 4.98 Å². The molecule has 0 fully saturated rings. The first-order valence-corrected chi connectivity index (χ1v) is 3.96. The van der Waals surface area contributed by atoms with Crippen LogP contribution in [0.15, 0.2) is 18.2 Å². The van der Waals surface area contributed by atoms with Crippen LogP contribution in [-0.4, -0.2) is 11.4 Å². The van der Waals surface area contributed by atoms with Crippen molar-refractivity contribution in [1.82, 2.24) is 4.98 Å². The Bertz CT molecular complexity index is 297. The first-order chi connectivity index (χ1) is 5.94. The standard InChI is InChI=1S/C9H12F2N2/c1-6-4-3-5-7(13-6)9(2,12)8(10)11/h3-5,8H,12H2,1-2H3. The molecule has 13 heavy (non-hydrogen) atoms. The van der Waals surface area contributed by atoms with E-state index >= 15 is 0 Å². The van der Waals surface area contributed by atoms with E-state index in [1.165, 1.54) is 13.0 Å².